The van der Waals surface area contributed by atoms with Gasteiger partial charge in [-0.1, -0.05) is 17.7 Å². The van der Waals surface area contributed by atoms with Crippen molar-refractivity contribution in [1.29, 1.82) is 0 Å². The molecule has 1 aromatic rings. The van der Waals surface area contributed by atoms with Crippen LogP contribution < -0.4 is 5.73 Å². The Morgan fingerprint density at radius 1 is 1.58 bits per heavy atom. The van der Waals surface area contributed by atoms with Gasteiger partial charge in [0.2, 0.25) is 5.91 Å². The number of ether oxygens (including phenoxy) is 1. The Hall–Kier alpha value is -1.17. The number of nitrogens with zero attached hydrogens (tertiary/aromatic N) is 1. The summed E-state index contributed by atoms with van der Waals surface area (Å²) in [6.45, 7) is 0.864. The van der Waals surface area contributed by atoms with Crippen LogP contribution in [0, 0.1) is 5.82 Å². The van der Waals surface area contributed by atoms with Crippen molar-refractivity contribution >= 4 is 17.5 Å². The highest BCUT2D eigenvalue weighted by Gasteiger charge is 2.38. The summed E-state index contributed by atoms with van der Waals surface area (Å²) in [5, 5.41) is 0.0603. The van der Waals surface area contributed by atoms with Crippen molar-refractivity contribution in [2.45, 2.75) is 18.5 Å². The van der Waals surface area contributed by atoms with E-state index in [0.717, 1.165) is 0 Å². The minimum Gasteiger partial charge on any atom is -0.383 e. The minimum atomic E-state index is -0.502. The standard InChI is InChI=1S/C13H16ClFN2O2/c1-19-5-4-17-12(18)7-11(16)13(17)8-2-3-9(14)10(15)6-8/h2-3,6,11,13H,4-5,7,16H2,1H3. The van der Waals surface area contributed by atoms with Crippen molar-refractivity contribution in [2.75, 3.05) is 20.3 Å². The lowest BCUT2D eigenvalue weighted by Gasteiger charge is -2.27. The van der Waals surface area contributed by atoms with E-state index in [4.69, 9.17) is 22.1 Å². The summed E-state index contributed by atoms with van der Waals surface area (Å²) in [6, 6.07) is 3.86. The van der Waals surface area contributed by atoms with Gasteiger partial charge in [-0.25, -0.2) is 4.39 Å². The van der Waals surface area contributed by atoms with E-state index in [9.17, 15) is 9.18 Å². The van der Waals surface area contributed by atoms with Crippen molar-refractivity contribution in [3.8, 4) is 0 Å². The van der Waals surface area contributed by atoms with Crippen molar-refractivity contribution in [3.05, 3.63) is 34.6 Å². The molecule has 0 aromatic heterocycles. The molecule has 1 aliphatic heterocycles. The van der Waals surface area contributed by atoms with Crippen molar-refractivity contribution in [2.24, 2.45) is 5.73 Å². The average Bonchev–Trinajstić information content (AvgIpc) is 2.65. The van der Waals surface area contributed by atoms with E-state index in [2.05, 4.69) is 0 Å². The lowest BCUT2D eigenvalue weighted by molar-refractivity contribution is -0.129. The van der Waals surface area contributed by atoms with Crippen LogP contribution in [-0.2, 0) is 9.53 Å². The van der Waals surface area contributed by atoms with Gasteiger partial charge in [-0.2, -0.15) is 0 Å². The van der Waals surface area contributed by atoms with Crippen LogP contribution >= 0.6 is 11.6 Å². The van der Waals surface area contributed by atoms with Gasteiger partial charge in [-0.05, 0) is 17.7 Å². The SMILES string of the molecule is COCCN1C(=O)CC(N)C1c1ccc(Cl)c(F)c1. The topological polar surface area (TPSA) is 55.6 Å². The Balaban J connectivity index is 2.28. The number of rotatable bonds is 4. The van der Waals surface area contributed by atoms with Crippen LogP contribution in [0.5, 0.6) is 0 Å². The fourth-order valence-corrected chi connectivity index (χ4v) is 2.51. The number of carbonyl (C=O) groups excluding carboxylic acids is 1. The summed E-state index contributed by atoms with van der Waals surface area (Å²) in [5.41, 5.74) is 6.66. The maximum absolute atomic E-state index is 13.5. The summed E-state index contributed by atoms with van der Waals surface area (Å²) in [5.74, 6) is -0.540. The van der Waals surface area contributed by atoms with Gasteiger partial charge in [-0.15, -0.1) is 0 Å². The number of methoxy groups -OCH3 is 1. The predicted octanol–water partition coefficient (Wildman–Crippen LogP) is 1.73. The van der Waals surface area contributed by atoms with E-state index < -0.39 is 5.82 Å². The van der Waals surface area contributed by atoms with E-state index in [1.165, 1.54) is 12.1 Å². The molecule has 2 unspecified atom stereocenters. The molecule has 1 saturated heterocycles. The number of nitrogens with two attached hydrogens (primary N) is 1. The Morgan fingerprint density at radius 2 is 2.32 bits per heavy atom. The molecule has 6 heteroatoms. The molecule has 104 valence electrons. The zero-order valence-corrected chi connectivity index (χ0v) is 11.4. The van der Waals surface area contributed by atoms with Gasteiger partial charge in [0, 0.05) is 26.1 Å². The summed E-state index contributed by atoms with van der Waals surface area (Å²) >= 11 is 5.67. The fraction of sp³-hybridized carbons (Fsp3) is 0.462. The molecule has 4 nitrogen and oxygen atoms in total. The van der Waals surface area contributed by atoms with Gasteiger partial charge in [0.15, 0.2) is 0 Å². The van der Waals surface area contributed by atoms with Gasteiger partial charge in [-0.3, -0.25) is 4.79 Å². The summed E-state index contributed by atoms with van der Waals surface area (Å²) in [6.07, 6.45) is 0.263. The third-order valence-corrected chi connectivity index (χ3v) is 3.60. The summed E-state index contributed by atoms with van der Waals surface area (Å²) < 4.78 is 18.5. The smallest absolute Gasteiger partial charge is 0.224 e. The van der Waals surface area contributed by atoms with Crippen LogP contribution in [0.3, 0.4) is 0 Å². The molecule has 1 aromatic carbocycles. The normalized spacial score (nSPS) is 23.2. The highest BCUT2D eigenvalue weighted by atomic mass is 35.5. The molecular weight excluding hydrogens is 271 g/mol. The molecule has 0 bridgehead atoms. The second-order valence-electron chi connectivity index (χ2n) is 4.57. The Bertz CT molecular complexity index is 484. The van der Waals surface area contributed by atoms with E-state index in [1.54, 1.807) is 18.1 Å². The minimum absolute atomic E-state index is 0.0371. The van der Waals surface area contributed by atoms with Crippen molar-refractivity contribution < 1.29 is 13.9 Å². The van der Waals surface area contributed by atoms with E-state index >= 15 is 0 Å². The van der Waals surface area contributed by atoms with Crippen LogP contribution in [0.2, 0.25) is 5.02 Å². The molecule has 2 atom stereocenters. The Kier molecular flexibility index (Phi) is 4.39. The molecule has 0 spiro atoms. The molecular formula is C13H16ClFN2O2. The molecule has 1 amide bonds. The molecule has 19 heavy (non-hydrogen) atoms. The molecule has 1 aliphatic rings. The average molecular weight is 287 g/mol. The van der Waals surface area contributed by atoms with Crippen LogP contribution in [0.15, 0.2) is 18.2 Å². The Morgan fingerprint density at radius 3 is 2.95 bits per heavy atom. The zero-order valence-electron chi connectivity index (χ0n) is 10.6. The van der Waals surface area contributed by atoms with Crippen molar-refractivity contribution in [1.82, 2.24) is 4.90 Å². The highest BCUT2D eigenvalue weighted by molar-refractivity contribution is 6.30. The van der Waals surface area contributed by atoms with Crippen LogP contribution in [-0.4, -0.2) is 37.1 Å². The maximum atomic E-state index is 13.5. The number of hydrogen-bond donors (Lipinski definition) is 1. The summed E-state index contributed by atoms with van der Waals surface area (Å²) in [7, 11) is 1.57. The lowest BCUT2D eigenvalue weighted by atomic mass is 10.0. The second kappa shape index (κ2) is 5.86. The summed E-state index contributed by atoms with van der Waals surface area (Å²) in [4.78, 5) is 13.5. The van der Waals surface area contributed by atoms with Crippen LogP contribution in [0.25, 0.3) is 0 Å². The highest BCUT2D eigenvalue weighted by Crippen LogP contribution is 2.33. The van der Waals surface area contributed by atoms with E-state index in [0.29, 0.717) is 18.7 Å². The molecule has 1 fully saturated rings. The van der Waals surface area contributed by atoms with Gasteiger partial charge in [0.25, 0.3) is 0 Å². The first kappa shape index (κ1) is 14.2. The molecule has 2 rings (SSSR count). The molecule has 0 saturated carbocycles. The number of carbonyl (C=O) groups is 1. The maximum Gasteiger partial charge on any atom is 0.224 e. The largest absolute Gasteiger partial charge is 0.383 e. The van der Waals surface area contributed by atoms with Crippen LogP contribution in [0.1, 0.15) is 18.0 Å². The molecule has 0 radical (unpaired) electrons. The van der Waals surface area contributed by atoms with Crippen LogP contribution in [0.4, 0.5) is 4.39 Å². The zero-order chi connectivity index (χ0) is 14.0. The van der Waals surface area contributed by atoms with E-state index in [-0.39, 0.29) is 29.4 Å². The monoisotopic (exact) mass is 286 g/mol. The number of benzene rings is 1. The van der Waals surface area contributed by atoms with Gasteiger partial charge >= 0.3 is 0 Å². The first-order valence-electron chi connectivity index (χ1n) is 6.03. The second-order valence-corrected chi connectivity index (χ2v) is 4.97. The lowest BCUT2D eigenvalue weighted by Crippen LogP contribution is -2.35. The third-order valence-electron chi connectivity index (χ3n) is 3.29. The number of hydrogen-bond acceptors (Lipinski definition) is 3. The van der Waals surface area contributed by atoms with E-state index in [1.807, 2.05) is 0 Å². The first-order chi connectivity index (χ1) is 9.04. The number of halogens is 2. The predicted molar refractivity (Wildman–Crippen MR) is 70.3 cm³/mol. The molecule has 0 aliphatic carbocycles. The van der Waals surface area contributed by atoms with Gasteiger partial charge in [0.1, 0.15) is 5.82 Å². The van der Waals surface area contributed by atoms with Gasteiger partial charge in [0.05, 0.1) is 17.7 Å². The fourth-order valence-electron chi connectivity index (χ4n) is 2.39. The third kappa shape index (κ3) is 2.88. The number of likely N-dealkylation sites (tertiary alicyclic amines) is 1. The first-order valence-corrected chi connectivity index (χ1v) is 6.41. The van der Waals surface area contributed by atoms with Crippen molar-refractivity contribution in [3.63, 3.8) is 0 Å². The van der Waals surface area contributed by atoms with Gasteiger partial charge < -0.3 is 15.4 Å². The molecule has 2 N–H and O–H groups in total. The Labute approximate surface area is 116 Å². The number of amides is 1. The quantitative estimate of drug-likeness (QED) is 0.917. The molecule has 1 heterocycles.